The molecule has 0 spiro atoms. The molecule has 132 valence electrons. The number of furan rings is 1. The average Bonchev–Trinajstić information content (AvgIpc) is 3.08. The first kappa shape index (κ1) is 16.4. The fourth-order valence-corrected chi connectivity index (χ4v) is 4.67. The van der Waals surface area contributed by atoms with E-state index in [1.165, 1.54) is 6.26 Å². The molecule has 1 aromatic carbocycles. The Balaban J connectivity index is 1.98. The number of nitrogens with zero attached hydrogens (tertiary/aromatic N) is 1. The minimum absolute atomic E-state index is 0.446. The molecule has 2 aromatic rings. The normalized spacial score (nSPS) is 28.9. The van der Waals surface area contributed by atoms with Gasteiger partial charge in [-0.3, -0.25) is 4.99 Å². The Hall–Kier alpha value is -2.04. The van der Waals surface area contributed by atoms with Crippen LogP contribution in [0.2, 0.25) is 0 Å². The summed E-state index contributed by atoms with van der Waals surface area (Å²) < 4.78 is 46.1. The average molecular weight is 347 g/mol. The Morgan fingerprint density at radius 3 is 2.56 bits per heavy atom. The fraction of sp³-hybridized carbons (Fsp3) is 0.450. The predicted molar refractivity (Wildman–Crippen MR) is 90.0 cm³/mol. The molecule has 4 rings (SSSR count). The second kappa shape index (κ2) is 5.48. The Labute approximate surface area is 144 Å². The van der Waals surface area contributed by atoms with Crippen molar-refractivity contribution in [3.05, 3.63) is 59.5 Å². The van der Waals surface area contributed by atoms with Crippen molar-refractivity contribution >= 4 is 5.71 Å². The van der Waals surface area contributed by atoms with Gasteiger partial charge in [-0.15, -0.1) is 0 Å². The zero-order valence-electron chi connectivity index (χ0n) is 14.1. The molecule has 2 nitrogen and oxygen atoms in total. The van der Waals surface area contributed by atoms with E-state index in [4.69, 9.17) is 9.41 Å². The molecule has 1 fully saturated rings. The van der Waals surface area contributed by atoms with Crippen LogP contribution in [0.5, 0.6) is 0 Å². The van der Waals surface area contributed by atoms with Crippen molar-refractivity contribution in [1.82, 2.24) is 0 Å². The molecule has 0 N–H and O–H groups in total. The third-order valence-electron chi connectivity index (χ3n) is 5.89. The summed E-state index contributed by atoms with van der Waals surface area (Å²) in [5, 5.41) is 0. The highest BCUT2D eigenvalue weighted by molar-refractivity contribution is 6.13. The van der Waals surface area contributed by atoms with Gasteiger partial charge >= 0.3 is 6.18 Å². The lowest BCUT2D eigenvalue weighted by atomic mass is 9.55. The highest BCUT2D eigenvalue weighted by Crippen LogP contribution is 2.56. The molecule has 25 heavy (non-hydrogen) atoms. The van der Waals surface area contributed by atoms with Crippen molar-refractivity contribution in [2.24, 2.45) is 4.99 Å². The van der Waals surface area contributed by atoms with Crippen LogP contribution >= 0.6 is 0 Å². The monoisotopic (exact) mass is 347 g/mol. The van der Waals surface area contributed by atoms with Crippen LogP contribution in [0.25, 0.3) is 0 Å². The van der Waals surface area contributed by atoms with E-state index in [1.807, 2.05) is 31.2 Å². The number of hydrogen-bond donors (Lipinski definition) is 0. The van der Waals surface area contributed by atoms with Gasteiger partial charge in [-0.2, -0.15) is 13.2 Å². The van der Waals surface area contributed by atoms with Gasteiger partial charge in [0, 0.05) is 11.0 Å². The van der Waals surface area contributed by atoms with Gasteiger partial charge in [0.15, 0.2) is 5.76 Å². The van der Waals surface area contributed by atoms with Gasteiger partial charge in [-0.25, -0.2) is 0 Å². The molecular formula is C20H20F3NO. The summed E-state index contributed by atoms with van der Waals surface area (Å²) in [6, 6.07) is 11.2. The van der Waals surface area contributed by atoms with Crippen molar-refractivity contribution in [2.45, 2.75) is 56.2 Å². The van der Waals surface area contributed by atoms with E-state index in [2.05, 4.69) is 0 Å². The lowest BCUT2D eigenvalue weighted by molar-refractivity contribution is -0.156. The SMILES string of the molecule is C[C@@]12CCCC[C@]1(CC(F)(F)F)N=C(c1ccco1)c1ccccc12. The molecule has 2 heterocycles. The minimum atomic E-state index is -4.26. The van der Waals surface area contributed by atoms with Crippen LogP contribution < -0.4 is 0 Å². The molecule has 2 aliphatic rings. The van der Waals surface area contributed by atoms with Crippen LogP contribution in [0.1, 0.15) is 55.9 Å². The van der Waals surface area contributed by atoms with Gasteiger partial charge in [0.1, 0.15) is 5.71 Å². The van der Waals surface area contributed by atoms with E-state index in [0.29, 0.717) is 17.9 Å². The van der Waals surface area contributed by atoms with Crippen LogP contribution in [-0.4, -0.2) is 17.4 Å². The molecule has 1 aliphatic heterocycles. The molecule has 0 unspecified atom stereocenters. The molecule has 0 saturated heterocycles. The second-order valence-electron chi connectivity index (χ2n) is 7.35. The highest BCUT2D eigenvalue weighted by atomic mass is 19.4. The summed E-state index contributed by atoms with van der Waals surface area (Å²) in [7, 11) is 0. The lowest BCUT2D eigenvalue weighted by Crippen LogP contribution is -2.56. The molecule has 5 heteroatoms. The topological polar surface area (TPSA) is 25.5 Å². The number of aliphatic imine (C=N–C) groups is 1. The summed E-state index contributed by atoms with van der Waals surface area (Å²) in [5.41, 5.74) is 0.609. The Bertz CT molecular complexity index is 809. The van der Waals surface area contributed by atoms with Crippen LogP contribution in [0, 0.1) is 0 Å². The summed E-state index contributed by atoms with van der Waals surface area (Å²) in [6.45, 7) is 1.96. The van der Waals surface area contributed by atoms with Crippen LogP contribution in [0.3, 0.4) is 0 Å². The van der Waals surface area contributed by atoms with E-state index in [9.17, 15) is 13.2 Å². The summed E-state index contributed by atoms with van der Waals surface area (Å²) in [4.78, 5) is 4.78. The molecule has 1 aliphatic carbocycles. The van der Waals surface area contributed by atoms with Crippen LogP contribution in [-0.2, 0) is 5.41 Å². The Kier molecular flexibility index (Phi) is 3.60. The minimum Gasteiger partial charge on any atom is -0.463 e. The van der Waals surface area contributed by atoms with Gasteiger partial charge in [-0.05, 0) is 30.5 Å². The van der Waals surface area contributed by atoms with Gasteiger partial charge in [0.25, 0.3) is 0 Å². The maximum absolute atomic E-state index is 13.5. The summed E-state index contributed by atoms with van der Waals surface area (Å²) >= 11 is 0. The van der Waals surface area contributed by atoms with Crippen molar-refractivity contribution in [1.29, 1.82) is 0 Å². The van der Waals surface area contributed by atoms with Crippen LogP contribution in [0.4, 0.5) is 13.2 Å². The van der Waals surface area contributed by atoms with E-state index < -0.39 is 23.6 Å². The smallest absolute Gasteiger partial charge is 0.391 e. The van der Waals surface area contributed by atoms with Crippen molar-refractivity contribution in [3.63, 3.8) is 0 Å². The number of rotatable bonds is 2. The van der Waals surface area contributed by atoms with E-state index in [0.717, 1.165) is 30.4 Å². The third kappa shape index (κ3) is 2.52. The first-order valence-corrected chi connectivity index (χ1v) is 8.65. The zero-order valence-corrected chi connectivity index (χ0v) is 14.1. The summed E-state index contributed by atoms with van der Waals surface area (Å²) in [6.07, 6.45) is -0.765. The highest BCUT2D eigenvalue weighted by Gasteiger charge is 2.58. The maximum atomic E-state index is 13.5. The molecule has 0 radical (unpaired) electrons. The molecule has 1 aromatic heterocycles. The van der Waals surface area contributed by atoms with Gasteiger partial charge in [-0.1, -0.05) is 44.0 Å². The number of halogens is 3. The summed E-state index contributed by atoms with van der Waals surface area (Å²) in [5.74, 6) is 0.529. The van der Waals surface area contributed by atoms with E-state index in [-0.39, 0.29) is 0 Å². The first-order chi connectivity index (χ1) is 11.8. The van der Waals surface area contributed by atoms with E-state index in [1.54, 1.807) is 12.1 Å². The second-order valence-corrected chi connectivity index (χ2v) is 7.35. The Morgan fingerprint density at radius 1 is 1.08 bits per heavy atom. The number of hydrogen-bond acceptors (Lipinski definition) is 2. The van der Waals surface area contributed by atoms with Gasteiger partial charge in [0.05, 0.1) is 18.2 Å². The number of alkyl halides is 3. The van der Waals surface area contributed by atoms with Gasteiger partial charge < -0.3 is 4.42 Å². The first-order valence-electron chi connectivity index (χ1n) is 8.65. The molecule has 0 amide bonds. The predicted octanol–water partition coefficient (Wildman–Crippen LogP) is 5.65. The largest absolute Gasteiger partial charge is 0.463 e. The third-order valence-corrected chi connectivity index (χ3v) is 5.89. The van der Waals surface area contributed by atoms with Gasteiger partial charge in [0.2, 0.25) is 0 Å². The fourth-order valence-electron chi connectivity index (χ4n) is 4.67. The Morgan fingerprint density at radius 2 is 1.84 bits per heavy atom. The van der Waals surface area contributed by atoms with Crippen molar-refractivity contribution in [3.8, 4) is 0 Å². The maximum Gasteiger partial charge on any atom is 0.391 e. The quantitative estimate of drug-likeness (QED) is 0.689. The molecular weight excluding hydrogens is 327 g/mol. The van der Waals surface area contributed by atoms with Crippen LogP contribution in [0.15, 0.2) is 52.1 Å². The molecule has 2 atom stereocenters. The lowest BCUT2D eigenvalue weighted by Gasteiger charge is -2.53. The number of fused-ring (bicyclic) bond motifs is 3. The number of benzene rings is 1. The van der Waals surface area contributed by atoms with Crippen molar-refractivity contribution in [2.75, 3.05) is 0 Å². The molecule has 1 saturated carbocycles. The standard InChI is InChI=1S/C20H20F3NO/c1-18-10-4-5-11-19(18,13-20(21,22)23)24-17(16-9-6-12-25-16)14-7-2-3-8-15(14)18/h2-3,6-9,12H,4-5,10-11,13H2,1H3/t18-,19+/m0/s1. The molecule has 0 bridgehead atoms. The van der Waals surface area contributed by atoms with Crippen molar-refractivity contribution < 1.29 is 17.6 Å². The zero-order chi connectivity index (χ0) is 17.7. The van der Waals surface area contributed by atoms with E-state index >= 15 is 0 Å².